The highest BCUT2D eigenvalue weighted by molar-refractivity contribution is 4.45. The van der Waals surface area contributed by atoms with E-state index >= 15 is 0 Å². The topological polar surface area (TPSA) is 26.0 Å². The Morgan fingerprint density at radius 2 is 1.21 bits per heavy atom. The minimum absolute atomic E-state index is 0.949. The van der Waals surface area contributed by atoms with Crippen molar-refractivity contribution in [2.45, 2.75) is 74.1 Å². The molecule has 0 aliphatic rings. The Bertz CT molecular complexity index is 44.5. The summed E-state index contributed by atoms with van der Waals surface area (Å²) in [6.07, 6.45) is 5.33. The van der Waals surface area contributed by atoms with Crippen molar-refractivity contribution in [3.63, 3.8) is 0 Å². The summed E-state index contributed by atoms with van der Waals surface area (Å²) >= 11 is 0. The van der Waals surface area contributed by atoms with Crippen molar-refractivity contribution in [3.8, 4) is 0 Å². The molecule has 0 bridgehead atoms. The second-order valence-corrected chi connectivity index (χ2v) is 3.01. The van der Waals surface area contributed by atoms with Crippen LogP contribution >= 0.6 is 0 Å². The SMILES string of the molecule is CC.CCC.CCC[C@H](C)CC.CN. The maximum atomic E-state index is 4.50. The maximum absolute atomic E-state index is 4.50. The van der Waals surface area contributed by atoms with E-state index in [-0.39, 0.29) is 0 Å². The van der Waals surface area contributed by atoms with Crippen LogP contribution in [0.15, 0.2) is 0 Å². The van der Waals surface area contributed by atoms with Crippen molar-refractivity contribution in [1.29, 1.82) is 0 Å². The van der Waals surface area contributed by atoms with E-state index in [4.69, 9.17) is 0 Å². The van der Waals surface area contributed by atoms with Gasteiger partial charge in [0.1, 0.15) is 0 Å². The molecule has 0 amide bonds. The third kappa shape index (κ3) is 58.4. The van der Waals surface area contributed by atoms with E-state index in [0.29, 0.717) is 0 Å². The third-order valence-corrected chi connectivity index (χ3v) is 1.48. The van der Waals surface area contributed by atoms with Crippen molar-refractivity contribution in [2.24, 2.45) is 11.7 Å². The van der Waals surface area contributed by atoms with Crippen LogP contribution < -0.4 is 5.73 Å². The van der Waals surface area contributed by atoms with E-state index in [1.54, 1.807) is 0 Å². The Balaban J connectivity index is -0.0000000603. The zero-order chi connectivity index (χ0) is 12.4. The molecule has 0 fully saturated rings. The second-order valence-electron chi connectivity index (χ2n) is 3.01. The first kappa shape index (κ1) is 23.6. The summed E-state index contributed by atoms with van der Waals surface area (Å²) in [5.74, 6) is 0.949. The monoisotopic (exact) mass is 205 g/mol. The van der Waals surface area contributed by atoms with Gasteiger partial charge in [0.15, 0.2) is 0 Å². The molecule has 0 saturated carbocycles. The number of rotatable bonds is 3. The minimum atomic E-state index is 0.949. The lowest BCUT2D eigenvalue weighted by Crippen LogP contribution is -1.88. The molecule has 0 spiro atoms. The van der Waals surface area contributed by atoms with Crippen LogP contribution in [0.25, 0.3) is 0 Å². The standard InChI is InChI=1S/C7H16.C3H8.C2H6.CH5N/c1-4-6-7(3)5-2;1-3-2;2*1-2/h7H,4-6H2,1-3H3;3H2,1-2H3;1-2H3;2H2,1H3/t7-;;;/m1.../s1. The Labute approximate surface area is 93.5 Å². The average molecular weight is 205 g/mol. The van der Waals surface area contributed by atoms with Gasteiger partial charge in [0.05, 0.1) is 0 Å². The van der Waals surface area contributed by atoms with Crippen LogP contribution in [0.2, 0.25) is 0 Å². The first-order valence-corrected chi connectivity index (χ1v) is 6.30. The van der Waals surface area contributed by atoms with Crippen LogP contribution in [0.5, 0.6) is 0 Å². The molecule has 0 aliphatic carbocycles. The lowest BCUT2D eigenvalue weighted by atomic mass is 10.0. The Morgan fingerprint density at radius 1 is 0.929 bits per heavy atom. The van der Waals surface area contributed by atoms with Crippen molar-refractivity contribution < 1.29 is 0 Å². The minimum Gasteiger partial charge on any atom is -0.333 e. The molecule has 1 atom stereocenters. The van der Waals surface area contributed by atoms with Gasteiger partial charge < -0.3 is 5.73 Å². The highest BCUT2D eigenvalue weighted by Crippen LogP contribution is 2.07. The highest BCUT2D eigenvalue weighted by Gasteiger charge is 1.92. The average Bonchev–Trinajstić information content (AvgIpc) is 2.25. The van der Waals surface area contributed by atoms with Crippen molar-refractivity contribution in [2.75, 3.05) is 7.05 Å². The largest absolute Gasteiger partial charge is 0.333 e. The van der Waals surface area contributed by atoms with Crippen molar-refractivity contribution >= 4 is 0 Å². The number of hydrogen-bond donors (Lipinski definition) is 1. The first-order chi connectivity index (χ1) is 6.72. The van der Waals surface area contributed by atoms with Gasteiger partial charge in [-0.1, -0.05) is 74.1 Å². The lowest BCUT2D eigenvalue weighted by Gasteiger charge is -2.02. The molecule has 0 aromatic carbocycles. The molecule has 92 valence electrons. The van der Waals surface area contributed by atoms with Gasteiger partial charge in [-0.15, -0.1) is 0 Å². The zero-order valence-electron chi connectivity index (χ0n) is 12.0. The highest BCUT2D eigenvalue weighted by atomic mass is 14.4. The predicted molar refractivity (Wildman–Crippen MR) is 71.8 cm³/mol. The van der Waals surface area contributed by atoms with Crippen molar-refractivity contribution in [1.82, 2.24) is 0 Å². The second kappa shape index (κ2) is 38.3. The summed E-state index contributed by atoms with van der Waals surface area (Å²) in [7, 11) is 1.50. The normalized spacial score (nSPS) is 9.21. The fraction of sp³-hybridized carbons (Fsp3) is 1.00. The first-order valence-electron chi connectivity index (χ1n) is 6.30. The molecule has 0 heterocycles. The van der Waals surface area contributed by atoms with E-state index < -0.39 is 0 Å². The van der Waals surface area contributed by atoms with Crippen LogP contribution in [0.3, 0.4) is 0 Å². The van der Waals surface area contributed by atoms with Gasteiger partial charge in [0, 0.05) is 0 Å². The summed E-state index contributed by atoms with van der Waals surface area (Å²) < 4.78 is 0. The van der Waals surface area contributed by atoms with Gasteiger partial charge in [-0.05, 0) is 13.0 Å². The predicted octanol–water partition coefficient (Wildman–Crippen LogP) is 4.85. The van der Waals surface area contributed by atoms with Gasteiger partial charge in [-0.25, -0.2) is 0 Å². The molecule has 0 rings (SSSR count). The summed E-state index contributed by atoms with van der Waals surface area (Å²) in [6.45, 7) is 15.1. The molecule has 1 nitrogen and oxygen atoms in total. The molecule has 14 heavy (non-hydrogen) atoms. The molecule has 0 unspecified atom stereocenters. The molecular weight excluding hydrogens is 170 g/mol. The molecular formula is C13H35N. The van der Waals surface area contributed by atoms with Gasteiger partial charge in [-0.2, -0.15) is 0 Å². The number of hydrogen-bond acceptors (Lipinski definition) is 1. The molecule has 0 saturated heterocycles. The van der Waals surface area contributed by atoms with E-state index in [1.165, 1.54) is 32.7 Å². The van der Waals surface area contributed by atoms with Gasteiger partial charge in [0.2, 0.25) is 0 Å². The lowest BCUT2D eigenvalue weighted by molar-refractivity contribution is 0.509. The van der Waals surface area contributed by atoms with Crippen LogP contribution in [-0.2, 0) is 0 Å². The summed E-state index contributed by atoms with van der Waals surface area (Å²) in [4.78, 5) is 0. The molecule has 0 aliphatic heterocycles. The van der Waals surface area contributed by atoms with Gasteiger partial charge >= 0.3 is 0 Å². The van der Waals surface area contributed by atoms with Crippen LogP contribution in [0, 0.1) is 5.92 Å². The third-order valence-electron chi connectivity index (χ3n) is 1.48. The zero-order valence-corrected chi connectivity index (χ0v) is 12.0. The smallest absolute Gasteiger partial charge is 0.0195 e. The molecule has 0 aromatic heterocycles. The molecule has 0 radical (unpaired) electrons. The van der Waals surface area contributed by atoms with Crippen LogP contribution in [0.1, 0.15) is 74.1 Å². The molecule has 1 heteroatoms. The number of nitrogens with two attached hydrogens (primary N) is 1. The maximum Gasteiger partial charge on any atom is -0.0195 e. The fourth-order valence-corrected chi connectivity index (χ4v) is 0.697. The molecule has 2 N–H and O–H groups in total. The summed E-state index contributed by atoms with van der Waals surface area (Å²) in [6, 6.07) is 0. The summed E-state index contributed by atoms with van der Waals surface area (Å²) in [5.41, 5.74) is 4.50. The summed E-state index contributed by atoms with van der Waals surface area (Å²) in [5, 5.41) is 0. The van der Waals surface area contributed by atoms with E-state index in [9.17, 15) is 0 Å². The quantitative estimate of drug-likeness (QED) is 0.700. The Kier molecular flexibility index (Phi) is 64.6. The van der Waals surface area contributed by atoms with E-state index in [0.717, 1.165) is 5.92 Å². The van der Waals surface area contributed by atoms with Gasteiger partial charge in [0.25, 0.3) is 0 Å². The van der Waals surface area contributed by atoms with E-state index in [2.05, 4.69) is 40.4 Å². The van der Waals surface area contributed by atoms with Crippen LogP contribution in [0.4, 0.5) is 0 Å². The Morgan fingerprint density at radius 3 is 1.29 bits per heavy atom. The van der Waals surface area contributed by atoms with Crippen molar-refractivity contribution in [3.05, 3.63) is 0 Å². The molecule has 0 aromatic rings. The fourth-order valence-electron chi connectivity index (χ4n) is 0.697. The van der Waals surface area contributed by atoms with Crippen LogP contribution in [-0.4, -0.2) is 7.05 Å². The Hall–Kier alpha value is -0.0400. The van der Waals surface area contributed by atoms with Gasteiger partial charge in [-0.3, -0.25) is 0 Å². The van der Waals surface area contributed by atoms with E-state index in [1.807, 2.05) is 13.8 Å².